The number of carbonyl (C=O) groups is 1. The predicted molar refractivity (Wildman–Crippen MR) is 64.5 cm³/mol. The van der Waals surface area contributed by atoms with Gasteiger partial charge in [0.2, 0.25) is 0 Å². The maximum Gasteiger partial charge on any atom is 0.169 e. The molecule has 0 saturated heterocycles. The van der Waals surface area contributed by atoms with Crippen molar-refractivity contribution in [1.29, 1.82) is 0 Å². The monoisotopic (exact) mass is 234 g/mol. The molecule has 0 saturated carbocycles. The topological polar surface area (TPSA) is 17.1 Å². The van der Waals surface area contributed by atoms with Gasteiger partial charge in [0.15, 0.2) is 5.78 Å². The van der Waals surface area contributed by atoms with Crippen LogP contribution in [0.15, 0.2) is 30.3 Å². The van der Waals surface area contributed by atoms with Crippen LogP contribution in [0.2, 0.25) is 0 Å². The summed E-state index contributed by atoms with van der Waals surface area (Å²) < 4.78 is 13.1. The summed E-state index contributed by atoms with van der Waals surface area (Å²) in [6.07, 6.45) is 0. The SMILES string of the molecule is CC(=O)c1cc(C)c(-c2cccc(F)c2)s1. The fourth-order valence-electron chi connectivity index (χ4n) is 1.57. The van der Waals surface area contributed by atoms with Gasteiger partial charge in [-0.3, -0.25) is 4.79 Å². The van der Waals surface area contributed by atoms with Crippen molar-refractivity contribution in [2.24, 2.45) is 0 Å². The summed E-state index contributed by atoms with van der Waals surface area (Å²) in [5.74, 6) is -0.203. The van der Waals surface area contributed by atoms with Gasteiger partial charge in [0.1, 0.15) is 5.82 Å². The van der Waals surface area contributed by atoms with E-state index in [0.717, 1.165) is 20.9 Å². The second-order valence-corrected chi connectivity index (χ2v) is 4.74. The molecule has 1 heterocycles. The smallest absolute Gasteiger partial charge is 0.169 e. The minimum absolute atomic E-state index is 0.0516. The van der Waals surface area contributed by atoms with E-state index in [1.807, 2.05) is 19.1 Å². The molecule has 0 fully saturated rings. The summed E-state index contributed by atoms with van der Waals surface area (Å²) in [7, 11) is 0. The van der Waals surface area contributed by atoms with Crippen LogP contribution in [0.5, 0.6) is 0 Å². The Morgan fingerprint density at radius 2 is 2.06 bits per heavy atom. The minimum atomic E-state index is -0.255. The molecule has 1 aromatic carbocycles. The Hall–Kier alpha value is -1.48. The number of hydrogen-bond donors (Lipinski definition) is 0. The van der Waals surface area contributed by atoms with Crippen LogP contribution in [-0.4, -0.2) is 5.78 Å². The molecule has 0 N–H and O–H groups in total. The molecule has 0 aliphatic rings. The minimum Gasteiger partial charge on any atom is -0.294 e. The zero-order valence-corrected chi connectivity index (χ0v) is 9.90. The van der Waals surface area contributed by atoms with Gasteiger partial charge in [-0.2, -0.15) is 0 Å². The van der Waals surface area contributed by atoms with Crippen LogP contribution >= 0.6 is 11.3 Å². The van der Waals surface area contributed by atoms with E-state index in [2.05, 4.69) is 0 Å². The quantitative estimate of drug-likeness (QED) is 0.716. The maximum atomic E-state index is 13.1. The highest BCUT2D eigenvalue weighted by Crippen LogP contribution is 2.32. The van der Waals surface area contributed by atoms with Crippen molar-refractivity contribution in [1.82, 2.24) is 0 Å². The number of rotatable bonds is 2. The van der Waals surface area contributed by atoms with E-state index in [4.69, 9.17) is 0 Å². The van der Waals surface area contributed by atoms with E-state index in [-0.39, 0.29) is 11.6 Å². The van der Waals surface area contributed by atoms with Crippen LogP contribution in [0.1, 0.15) is 22.2 Å². The van der Waals surface area contributed by atoms with Crippen LogP contribution in [0.25, 0.3) is 10.4 Å². The average Bonchev–Trinajstić information content (AvgIpc) is 2.60. The van der Waals surface area contributed by atoms with Crippen molar-refractivity contribution in [2.75, 3.05) is 0 Å². The molecule has 0 spiro atoms. The largest absolute Gasteiger partial charge is 0.294 e. The number of hydrogen-bond acceptors (Lipinski definition) is 2. The number of benzene rings is 1. The first-order chi connectivity index (χ1) is 7.58. The average molecular weight is 234 g/mol. The van der Waals surface area contributed by atoms with Crippen molar-refractivity contribution < 1.29 is 9.18 Å². The van der Waals surface area contributed by atoms with Gasteiger partial charge in [0, 0.05) is 4.88 Å². The van der Waals surface area contributed by atoms with Crippen LogP contribution in [0, 0.1) is 12.7 Å². The van der Waals surface area contributed by atoms with Gasteiger partial charge in [-0.15, -0.1) is 11.3 Å². The van der Waals surface area contributed by atoms with E-state index in [1.54, 1.807) is 13.0 Å². The second kappa shape index (κ2) is 4.18. The van der Waals surface area contributed by atoms with Crippen LogP contribution < -0.4 is 0 Å². The van der Waals surface area contributed by atoms with E-state index >= 15 is 0 Å². The third kappa shape index (κ3) is 2.04. The summed E-state index contributed by atoms with van der Waals surface area (Å²) in [5.41, 5.74) is 1.84. The van der Waals surface area contributed by atoms with Crippen molar-refractivity contribution in [3.05, 3.63) is 46.6 Å². The van der Waals surface area contributed by atoms with E-state index in [1.165, 1.54) is 23.5 Å². The zero-order valence-electron chi connectivity index (χ0n) is 9.08. The third-order valence-corrected chi connectivity index (χ3v) is 3.74. The molecule has 2 rings (SSSR count). The highest BCUT2D eigenvalue weighted by Gasteiger charge is 2.10. The Bertz CT molecular complexity index is 543. The lowest BCUT2D eigenvalue weighted by Crippen LogP contribution is -1.83. The highest BCUT2D eigenvalue weighted by atomic mass is 32.1. The van der Waals surface area contributed by atoms with Crippen molar-refractivity contribution in [3.63, 3.8) is 0 Å². The Morgan fingerprint density at radius 3 is 2.62 bits per heavy atom. The lowest BCUT2D eigenvalue weighted by Gasteiger charge is -1.99. The molecule has 0 unspecified atom stereocenters. The second-order valence-electron chi connectivity index (χ2n) is 3.69. The van der Waals surface area contributed by atoms with Gasteiger partial charge in [0.25, 0.3) is 0 Å². The maximum absolute atomic E-state index is 13.1. The molecule has 0 amide bonds. The molecular weight excluding hydrogens is 223 g/mol. The normalized spacial score (nSPS) is 10.4. The summed E-state index contributed by atoms with van der Waals surface area (Å²) in [6, 6.07) is 8.29. The van der Waals surface area contributed by atoms with Crippen molar-refractivity contribution in [2.45, 2.75) is 13.8 Å². The van der Waals surface area contributed by atoms with Gasteiger partial charge in [-0.05, 0) is 43.2 Å². The molecule has 3 heteroatoms. The Morgan fingerprint density at radius 1 is 1.31 bits per heavy atom. The molecule has 0 atom stereocenters. The van der Waals surface area contributed by atoms with Gasteiger partial charge in [-0.25, -0.2) is 4.39 Å². The Labute approximate surface area is 97.6 Å². The molecule has 82 valence electrons. The van der Waals surface area contributed by atoms with Gasteiger partial charge in [0.05, 0.1) is 4.88 Å². The van der Waals surface area contributed by atoms with E-state index in [9.17, 15) is 9.18 Å². The number of aryl methyl sites for hydroxylation is 1. The molecule has 16 heavy (non-hydrogen) atoms. The van der Waals surface area contributed by atoms with Crippen molar-refractivity contribution in [3.8, 4) is 10.4 Å². The van der Waals surface area contributed by atoms with Crippen LogP contribution in [-0.2, 0) is 0 Å². The molecule has 0 radical (unpaired) electrons. The van der Waals surface area contributed by atoms with Crippen LogP contribution in [0.3, 0.4) is 0 Å². The lowest BCUT2D eigenvalue weighted by molar-refractivity contribution is 0.102. The number of halogens is 1. The number of Topliss-reactive ketones (excluding diaryl/α,β-unsaturated/α-hetero) is 1. The number of ketones is 1. The fourth-order valence-corrected chi connectivity index (χ4v) is 2.64. The molecule has 0 aliphatic carbocycles. The zero-order chi connectivity index (χ0) is 11.7. The highest BCUT2D eigenvalue weighted by molar-refractivity contribution is 7.17. The molecule has 0 bridgehead atoms. The Kier molecular flexibility index (Phi) is 2.88. The van der Waals surface area contributed by atoms with Crippen LogP contribution in [0.4, 0.5) is 4.39 Å². The Balaban J connectivity index is 2.52. The summed E-state index contributed by atoms with van der Waals surface area (Å²) in [6.45, 7) is 3.48. The third-order valence-electron chi connectivity index (χ3n) is 2.35. The molecule has 1 aromatic heterocycles. The van der Waals surface area contributed by atoms with E-state index in [0.29, 0.717) is 0 Å². The number of carbonyl (C=O) groups excluding carboxylic acids is 1. The van der Waals surface area contributed by atoms with Gasteiger partial charge >= 0.3 is 0 Å². The first kappa shape index (κ1) is 11.0. The molecule has 1 nitrogen and oxygen atoms in total. The number of thiophene rings is 1. The fraction of sp³-hybridized carbons (Fsp3) is 0.154. The standard InChI is InChI=1S/C13H11FOS/c1-8-6-12(9(2)15)16-13(8)10-4-3-5-11(14)7-10/h3-7H,1-2H3. The molecular formula is C13H11FOS. The lowest BCUT2D eigenvalue weighted by atomic mass is 10.1. The predicted octanol–water partition coefficient (Wildman–Crippen LogP) is 4.07. The molecule has 2 aromatic rings. The summed E-state index contributed by atoms with van der Waals surface area (Å²) in [5, 5.41) is 0. The van der Waals surface area contributed by atoms with Gasteiger partial charge < -0.3 is 0 Å². The summed E-state index contributed by atoms with van der Waals surface area (Å²) in [4.78, 5) is 12.9. The summed E-state index contributed by atoms with van der Waals surface area (Å²) >= 11 is 1.41. The first-order valence-corrected chi connectivity index (χ1v) is 5.77. The van der Waals surface area contributed by atoms with Crippen molar-refractivity contribution >= 4 is 17.1 Å². The van der Waals surface area contributed by atoms with E-state index < -0.39 is 0 Å². The van der Waals surface area contributed by atoms with Gasteiger partial charge in [-0.1, -0.05) is 12.1 Å². The first-order valence-electron chi connectivity index (χ1n) is 4.95. The molecule has 0 aliphatic heterocycles.